The lowest BCUT2D eigenvalue weighted by atomic mass is 10.1. The second-order valence-electron chi connectivity index (χ2n) is 5.32. The molecule has 1 aromatic carbocycles. The number of rotatable bonds is 2. The SMILES string of the molecule is O=Cc1cn(C23C=CC(O)=CC2C3)c2ccccc12. The highest BCUT2D eigenvalue weighted by Gasteiger charge is 2.54. The van der Waals surface area contributed by atoms with Gasteiger partial charge in [0.2, 0.25) is 0 Å². The number of aliphatic hydroxyl groups is 1. The van der Waals surface area contributed by atoms with Gasteiger partial charge in [-0.25, -0.2) is 0 Å². The average molecular weight is 251 g/mol. The first-order valence-electron chi connectivity index (χ1n) is 6.40. The van der Waals surface area contributed by atoms with Crippen molar-refractivity contribution in [2.45, 2.75) is 12.0 Å². The second-order valence-corrected chi connectivity index (χ2v) is 5.32. The Labute approximate surface area is 110 Å². The first-order valence-corrected chi connectivity index (χ1v) is 6.40. The normalized spacial score (nSPS) is 28.0. The number of para-hydroxylation sites is 1. The number of aliphatic hydroxyl groups excluding tert-OH is 1. The van der Waals surface area contributed by atoms with Crippen molar-refractivity contribution in [3.05, 3.63) is 60.0 Å². The molecule has 0 saturated heterocycles. The molecule has 1 N–H and O–H groups in total. The van der Waals surface area contributed by atoms with Crippen molar-refractivity contribution in [2.75, 3.05) is 0 Å². The number of benzene rings is 1. The third-order valence-corrected chi connectivity index (χ3v) is 4.26. The minimum atomic E-state index is -0.0902. The molecule has 0 aliphatic heterocycles. The van der Waals surface area contributed by atoms with Crippen molar-refractivity contribution in [3.63, 3.8) is 0 Å². The molecule has 1 aromatic heterocycles. The number of carbonyl (C=O) groups excluding carboxylic acids is 1. The molecule has 4 rings (SSSR count). The van der Waals surface area contributed by atoms with Crippen LogP contribution in [0.2, 0.25) is 0 Å². The fourth-order valence-electron chi connectivity index (χ4n) is 3.18. The number of hydrogen-bond donors (Lipinski definition) is 1. The lowest BCUT2D eigenvalue weighted by Gasteiger charge is -2.18. The summed E-state index contributed by atoms with van der Waals surface area (Å²) in [5.74, 6) is 0.665. The first-order chi connectivity index (χ1) is 9.24. The van der Waals surface area contributed by atoms with Gasteiger partial charge in [-0.2, -0.15) is 0 Å². The molecule has 2 aliphatic carbocycles. The van der Waals surface area contributed by atoms with E-state index in [4.69, 9.17) is 0 Å². The van der Waals surface area contributed by atoms with Gasteiger partial charge in [0, 0.05) is 28.6 Å². The molecule has 2 atom stereocenters. The molecular weight excluding hydrogens is 238 g/mol. The fraction of sp³-hybridized carbons (Fsp3) is 0.188. The number of nitrogens with zero attached hydrogens (tertiary/aromatic N) is 1. The Morgan fingerprint density at radius 3 is 3.00 bits per heavy atom. The summed E-state index contributed by atoms with van der Waals surface area (Å²) in [6.45, 7) is 0. The zero-order valence-corrected chi connectivity index (χ0v) is 10.3. The lowest BCUT2D eigenvalue weighted by Crippen LogP contribution is -2.17. The van der Waals surface area contributed by atoms with E-state index in [1.807, 2.05) is 42.6 Å². The minimum absolute atomic E-state index is 0.0902. The zero-order chi connectivity index (χ0) is 13.0. The van der Waals surface area contributed by atoms with Gasteiger partial charge < -0.3 is 9.67 Å². The summed E-state index contributed by atoms with van der Waals surface area (Å²) in [6.07, 6.45) is 9.51. The second kappa shape index (κ2) is 3.38. The quantitative estimate of drug-likeness (QED) is 0.833. The Bertz CT molecular complexity index is 753. The molecule has 2 aliphatic rings. The Balaban J connectivity index is 1.95. The molecule has 0 spiro atoms. The molecule has 0 bridgehead atoms. The molecule has 0 amide bonds. The highest BCUT2D eigenvalue weighted by molar-refractivity contribution is 5.97. The van der Waals surface area contributed by atoms with Crippen molar-refractivity contribution in [3.8, 4) is 0 Å². The maximum absolute atomic E-state index is 11.2. The summed E-state index contributed by atoms with van der Waals surface area (Å²) in [5, 5.41) is 10.5. The van der Waals surface area contributed by atoms with Gasteiger partial charge in [-0.1, -0.05) is 24.3 Å². The van der Waals surface area contributed by atoms with Gasteiger partial charge in [0.25, 0.3) is 0 Å². The largest absolute Gasteiger partial charge is 0.508 e. The number of hydrogen-bond acceptors (Lipinski definition) is 2. The maximum atomic E-state index is 11.2. The third-order valence-electron chi connectivity index (χ3n) is 4.26. The van der Waals surface area contributed by atoms with Crippen LogP contribution >= 0.6 is 0 Å². The maximum Gasteiger partial charge on any atom is 0.152 e. The van der Waals surface area contributed by atoms with Gasteiger partial charge >= 0.3 is 0 Å². The smallest absolute Gasteiger partial charge is 0.152 e. The van der Waals surface area contributed by atoms with Gasteiger partial charge in [0.1, 0.15) is 5.76 Å². The van der Waals surface area contributed by atoms with E-state index in [9.17, 15) is 9.90 Å². The number of aldehydes is 1. The van der Waals surface area contributed by atoms with Crippen LogP contribution in [0.25, 0.3) is 10.9 Å². The molecule has 94 valence electrons. The van der Waals surface area contributed by atoms with E-state index < -0.39 is 0 Å². The van der Waals surface area contributed by atoms with E-state index in [0.29, 0.717) is 11.7 Å². The summed E-state index contributed by atoms with van der Waals surface area (Å²) in [4.78, 5) is 11.2. The predicted octanol–water partition coefficient (Wildman–Crippen LogP) is 3.18. The Morgan fingerprint density at radius 2 is 2.21 bits per heavy atom. The highest BCUT2D eigenvalue weighted by atomic mass is 16.3. The molecule has 19 heavy (non-hydrogen) atoms. The van der Waals surface area contributed by atoms with E-state index in [2.05, 4.69) is 4.57 Å². The number of allylic oxidation sites excluding steroid dienone is 3. The van der Waals surface area contributed by atoms with Crippen molar-refractivity contribution in [1.29, 1.82) is 0 Å². The lowest BCUT2D eigenvalue weighted by molar-refractivity contribution is 0.112. The fourth-order valence-corrected chi connectivity index (χ4v) is 3.18. The van der Waals surface area contributed by atoms with Gasteiger partial charge in [-0.05, 0) is 24.6 Å². The first kappa shape index (κ1) is 10.6. The minimum Gasteiger partial charge on any atom is -0.508 e. The number of carbonyl (C=O) groups is 1. The summed E-state index contributed by atoms with van der Waals surface area (Å²) in [5.41, 5.74) is 1.71. The van der Waals surface area contributed by atoms with Crippen LogP contribution in [-0.4, -0.2) is 16.0 Å². The Hall–Kier alpha value is -2.29. The van der Waals surface area contributed by atoms with Crippen LogP contribution in [0, 0.1) is 5.92 Å². The zero-order valence-electron chi connectivity index (χ0n) is 10.3. The van der Waals surface area contributed by atoms with Crippen LogP contribution in [0.5, 0.6) is 0 Å². The predicted molar refractivity (Wildman–Crippen MR) is 73.3 cm³/mol. The van der Waals surface area contributed by atoms with Gasteiger partial charge in [0.15, 0.2) is 6.29 Å². The summed E-state index contributed by atoms with van der Waals surface area (Å²) in [6, 6.07) is 7.95. The van der Waals surface area contributed by atoms with Crippen molar-refractivity contribution >= 4 is 17.2 Å². The van der Waals surface area contributed by atoms with Crippen LogP contribution in [0.15, 0.2) is 54.4 Å². The monoisotopic (exact) mass is 251 g/mol. The molecule has 1 saturated carbocycles. The van der Waals surface area contributed by atoms with Crippen LogP contribution in [-0.2, 0) is 5.54 Å². The Morgan fingerprint density at radius 1 is 1.37 bits per heavy atom. The van der Waals surface area contributed by atoms with E-state index in [1.165, 1.54) is 0 Å². The van der Waals surface area contributed by atoms with Crippen LogP contribution in [0.3, 0.4) is 0 Å². The van der Waals surface area contributed by atoms with E-state index in [1.54, 1.807) is 6.08 Å². The van der Waals surface area contributed by atoms with Crippen molar-refractivity contribution in [2.24, 2.45) is 5.92 Å². The average Bonchev–Trinajstić information content (AvgIpc) is 3.03. The molecular formula is C16H13NO2. The molecule has 1 heterocycles. The number of fused-ring (bicyclic) bond motifs is 2. The molecule has 2 aromatic rings. The number of aromatic nitrogens is 1. The summed E-state index contributed by atoms with van der Waals surface area (Å²) < 4.78 is 2.18. The topological polar surface area (TPSA) is 42.2 Å². The van der Waals surface area contributed by atoms with E-state index in [-0.39, 0.29) is 5.54 Å². The van der Waals surface area contributed by atoms with Crippen molar-refractivity contribution in [1.82, 2.24) is 4.57 Å². The molecule has 0 radical (unpaired) electrons. The molecule has 3 heteroatoms. The Kier molecular flexibility index (Phi) is 1.89. The van der Waals surface area contributed by atoms with Gasteiger partial charge in [-0.3, -0.25) is 4.79 Å². The van der Waals surface area contributed by atoms with E-state index in [0.717, 1.165) is 29.2 Å². The summed E-state index contributed by atoms with van der Waals surface area (Å²) in [7, 11) is 0. The van der Waals surface area contributed by atoms with Crippen molar-refractivity contribution < 1.29 is 9.90 Å². The highest BCUT2D eigenvalue weighted by Crippen LogP contribution is 2.56. The van der Waals surface area contributed by atoms with Gasteiger partial charge in [0.05, 0.1) is 5.54 Å². The van der Waals surface area contributed by atoms with E-state index >= 15 is 0 Å². The molecule has 2 unspecified atom stereocenters. The standard InChI is InChI=1S/C16H13NO2/c18-10-11-9-17(15-4-2-1-3-14(11)15)16-6-5-13(19)7-12(16)8-16/h1-7,9-10,12,19H,8H2. The van der Waals surface area contributed by atoms with Crippen LogP contribution in [0.4, 0.5) is 0 Å². The van der Waals surface area contributed by atoms with Crippen LogP contribution in [0.1, 0.15) is 16.8 Å². The van der Waals surface area contributed by atoms with Crippen LogP contribution < -0.4 is 0 Å². The molecule has 1 fully saturated rings. The third kappa shape index (κ3) is 1.30. The summed E-state index contributed by atoms with van der Waals surface area (Å²) >= 11 is 0. The molecule has 3 nitrogen and oxygen atoms in total. The van der Waals surface area contributed by atoms with Gasteiger partial charge in [-0.15, -0.1) is 0 Å².